The van der Waals surface area contributed by atoms with E-state index in [0.29, 0.717) is 19.0 Å². The molecule has 172 valence electrons. The number of nitrogens with zero attached hydrogens (tertiary/aromatic N) is 4. The van der Waals surface area contributed by atoms with E-state index in [1.54, 1.807) is 13.4 Å². The van der Waals surface area contributed by atoms with E-state index in [4.69, 9.17) is 0 Å². The second kappa shape index (κ2) is 11.1. The summed E-state index contributed by atoms with van der Waals surface area (Å²) in [6.45, 7) is 3.77. The number of hydrogen-bond acceptors (Lipinski definition) is 3. The molecule has 1 aliphatic carbocycles. The van der Waals surface area contributed by atoms with Gasteiger partial charge in [-0.3, -0.25) is 4.99 Å². The molecule has 0 atom stereocenters. The summed E-state index contributed by atoms with van der Waals surface area (Å²) in [6, 6.07) is 5.78. The van der Waals surface area contributed by atoms with Crippen LogP contribution in [-0.2, 0) is 24.7 Å². The maximum Gasteiger partial charge on any atom is 0.416 e. The number of guanidine groups is 1. The van der Waals surface area contributed by atoms with Crippen LogP contribution in [0.5, 0.6) is 0 Å². The van der Waals surface area contributed by atoms with Gasteiger partial charge in [-0.05, 0) is 31.4 Å². The van der Waals surface area contributed by atoms with Crippen molar-refractivity contribution >= 4 is 29.9 Å². The molecule has 2 aromatic rings. The molecule has 0 unspecified atom stereocenters. The largest absolute Gasteiger partial charge is 0.416 e. The average Bonchev–Trinajstić information content (AvgIpc) is 3.21. The van der Waals surface area contributed by atoms with Crippen molar-refractivity contribution in [3.63, 3.8) is 0 Å². The fraction of sp³-hybridized carbons (Fsp3) is 0.571. The van der Waals surface area contributed by atoms with Crippen LogP contribution in [0.15, 0.2) is 35.6 Å². The van der Waals surface area contributed by atoms with Crippen LogP contribution in [0.2, 0.25) is 0 Å². The number of aryl methyl sites for hydroxylation is 1. The average molecular weight is 550 g/mol. The van der Waals surface area contributed by atoms with E-state index in [1.165, 1.54) is 12.1 Å². The zero-order valence-electron chi connectivity index (χ0n) is 17.9. The Morgan fingerprint density at radius 3 is 2.58 bits per heavy atom. The first kappa shape index (κ1) is 25.4. The van der Waals surface area contributed by atoms with E-state index in [0.717, 1.165) is 56.1 Å². The smallest absolute Gasteiger partial charge is 0.356 e. The predicted octanol–water partition coefficient (Wildman–Crippen LogP) is 4.50. The Balaban J connectivity index is 0.00000341. The molecule has 1 aromatic carbocycles. The van der Waals surface area contributed by atoms with Crippen LogP contribution < -0.4 is 10.6 Å². The lowest BCUT2D eigenvalue weighted by Gasteiger charge is -2.38. The number of alkyl halides is 3. The van der Waals surface area contributed by atoms with E-state index < -0.39 is 11.7 Å². The summed E-state index contributed by atoms with van der Waals surface area (Å²) >= 11 is 0. The highest BCUT2D eigenvalue weighted by molar-refractivity contribution is 14.0. The number of rotatable bonds is 6. The van der Waals surface area contributed by atoms with Gasteiger partial charge in [-0.2, -0.15) is 13.2 Å². The van der Waals surface area contributed by atoms with E-state index >= 15 is 0 Å². The van der Waals surface area contributed by atoms with Crippen LogP contribution >= 0.6 is 24.0 Å². The Kier molecular flexibility index (Phi) is 9.14. The SMILES string of the molecule is CCn1cnnc1CNC(=NC)NCC1(c2cccc(C(F)(F)F)c2)CCCCC1.I. The van der Waals surface area contributed by atoms with Gasteiger partial charge in [-0.1, -0.05) is 37.5 Å². The van der Waals surface area contributed by atoms with Crippen molar-refractivity contribution in [2.45, 2.75) is 63.7 Å². The zero-order chi connectivity index (χ0) is 21.6. The molecular weight excluding hydrogens is 520 g/mol. The Bertz CT molecular complexity index is 859. The van der Waals surface area contributed by atoms with Crippen molar-refractivity contribution < 1.29 is 13.2 Å². The van der Waals surface area contributed by atoms with Crippen molar-refractivity contribution in [3.8, 4) is 0 Å². The minimum absolute atomic E-state index is 0. The number of aliphatic imine (C=N–C) groups is 1. The second-order valence-electron chi connectivity index (χ2n) is 7.73. The van der Waals surface area contributed by atoms with Crippen molar-refractivity contribution in [2.24, 2.45) is 4.99 Å². The molecule has 1 aromatic heterocycles. The summed E-state index contributed by atoms with van der Waals surface area (Å²) in [5.74, 6) is 1.39. The molecule has 0 amide bonds. The first-order valence-corrected chi connectivity index (χ1v) is 10.4. The molecule has 1 fully saturated rings. The summed E-state index contributed by atoms with van der Waals surface area (Å²) in [5.41, 5.74) is -0.197. The van der Waals surface area contributed by atoms with Gasteiger partial charge in [0.05, 0.1) is 12.1 Å². The zero-order valence-corrected chi connectivity index (χ0v) is 20.2. The third-order valence-corrected chi connectivity index (χ3v) is 5.88. The van der Waals surface area contributed by atoms with E-state index in [-0.39, 0.29) is 29.4 Å². The minimum Gasteiger partial charge on any atom is -0.356 e. The quantitative estimate of drug-likeness (QED) is 0.316. The standard InChI is InChI=1S/C21H29F3N6.HI/c1-3-30-15-28-29-18(30)13-26-19(25-2)27-14-20(10-5-4-6-11-20)16-8-7-9-17(12-16)21(22,23)24;/h7-9,12,15H,3-6,10-11,13-14H2,1-2H3,(H2,25,26,27);1H. The van der Waals surface area contributed by atoms with Crippen LogP contribution in [0.25, 0.3) is 0 Å². The molecule has 6 nitrogen and oxygen atoms in total. The number of nitrogens with one attached hydrogen (secondary N) is 2. The van der Waals surface area contributed by atoms with Gasteiger partial charge in [0.15, 0.2) is 11.8 Å². The summed E-state index contributed by atoms with van der Waals surface area (Å²) in [7, 11) is 1.68. The lowest BCUT2D eigenvalue weighted by Crippen LogP contribution is -2.46. The fourth-order valence-electron chi connectivity index (χ4n) is 4.14. The highest BCUT2D eigenvalue weighted by Gasteiger charge is 2.37. The Labute approximate surface area is 198 Å². The minimum atomic E-state index is -4.34. The monoisotopic (exact) mass is 550 g/mol. The molecule has 0 saturated heterocycles. The molecular formula is C21H30F3IN6. The highest BCUT2D eigenvalue weighted by Crippen LogP contribution is 2.41. The first-order valence-electron chi connectivity index (χ1n) is 10.4. The van der Waals surface area contributed by atoms with Gasteiger partial charge in [-0.15, -0.1) is 34.2 Å². The third-order valence-electron chi connectivity index (χ3n) is 5.88. The number of halogens is 4. The van der Waals surface area contributed by atoms with Gasteiger partial charge in [0.2, 0.25) is 0 Å². The maximum absolute atomic E-state index is 13.3. The van der Waals surface area contributed by atoms with Crippen LogP contribution in [0, 0.1) is 0 Å². The molecule has 0 aliphatic heterocycles. The van der Waals surface area contributed by atoms with Crippen LogP contribution in [0.4, 0.5) is 13.2 Å². The fourth-order valence-corrected chi connectivity index (χ4v) is 4.14. The molecule has 31 heavy (non-hydrogen) atoms. The summed E-state index contributed by atoms with van der Waals surface area (Å²) in [4.78, 5) is 4.27. The van der Waals surface area contributed by atoms with E-state index in [9.17, 15) is 13.2 Å². The second-order valence-corrected chi connectivity index (χ2v) is 7.73. The van der Waals surface area contributed by atoms with Gasteiger partial charge in [-0.25, -0.2) is 0 Å². The molecule has 3 rings (SSSR count). The number of aromatic nitrogens is 3. The normalized spacial score (nSPS) is 16.5. The predicted molar refractivity (Wildman–Crippen MR) is 126 cm³/mol. The van der Waals surface area contributed by atoms with Crippen molar-refractivity contribution in [1.82, 2.24) is 25.4 Å². The van der Waals surface area contributed by atoms with Crippen molar-refractivity contribution in [2.75, 3.05) is 13.6 Å². The lowest BCUT2D eigenvalue weighted by atomic mass is 9.69. The summed E-state index contributed by atoms with van der Waals surface area (Å²) < 4.78 is 41.7. The van der Waals surface area contributed by atoms with E-state index in [2.05, 4.69) is 25.8 Å². The van der Waals surface area contributed by atoms with Crippen LogP contribution in [0.3, 0.4) is 0 Å². The molecule has 0 bridgehead atoms. The molecule has 1 heterocycles. The van der Waals surface area contributed by atoms with Gasteiger partial charge in [0, 0.05) is 25.6 Å². The number of hydrogen-bond donors (Lipinski definition) is 2. The Morgan fingerprint density at radius 1 is 1.19 bits per heavy atom. The number of benzene rings is 1. The third kappa shape index (κ3) is 6.33. The Hall–Kier alpha value is -1.85. The maximum atomic E-state index is 13.3. The van der Waals surface area contributed by atoms with Crippen molar-refractivity contribution in [1.29, 1.82) is 0 Å². The molecule has 2 N–H and O–H groups in total. The van der Waals surface area contributed by atoms with E-state index in [1.807, 2.05) is 17.6 Å². The summed E-state index contributed by atoms with van der Waals surface area (Å²) in [6.07, 6.45) is 2.16. The van der Waals surface area contributed by atoms with Crippen LogP contribution in [0.1, 0.15) is 56.0 Å². The highest BCUT2D eigenvalue weighted by atomic mass is 127. The lowest BCUT2D eigenvalue weighted by molar-refractivity contribution is -0.137. The molecule has 1 saturated carbocycles. The Morgan fingerprint density at radius 2 is 1.94 bits per heavy atom. The molecule has 10 heteroatoms. The van der Waals surface area contributed by atoms with Gasteiger partial charge < -0.3 is 15.2 Å². The molecule has 0 radical (unpaired) electrons. The molecule has 0 spiro atoms. The van der Waals surface area contributed by atoms with Crippen LogP contribution in [-0.4, -0.2) is 34.3 Å². The molecule has 1 aliphatic rings. The topological polar surface area (TPSA) is 67.1 Å². The first-order chi connectivity index (χ1) is 14.4. The van der Waals surface area contributed by atoms with Gasteiger partial charge >= 0.3 is 6.18 Å². The van der Waals surface area contributed by atoms with Crippen molar-refractivity contribution in [3.05, 3.63) is 47.5 Å². The summed E-state index contributed by atoms with van der Waals surface area (Å²) in [5, 5.41) is 14.6. The van der Waals surface area contributed by atoms with Gasteiger partial charge in [0.1, 0.15) is 6.33 Å². The van der Waals surface area contributed by atoms with Gasteiger partial charge in [0.25, 0.3) is 0 Å².